The number of aryl methyl sites for hydroxylation is 1. The van der Waals surface area contributed by atoms with Crippen LogP contribution in [0.3, 0.4) is 0 Å². The normalized spacial score (nSPS) is 16.7. The Labute approximate surface area is 146 Å². The molecule has 1 aliphatic heterocycles. The summed E-state index contributed by atoms with van der Waals surface area (Å²) in [6.45, 7) is 6.20. The van der Waals surface area contributed by atoms with E-state index in [-0.39, 0.29) is 5.82 Å². The summed E-state index contributed by atoms with van der Waals surface area (Å²) in [5.74, 6) is 2.34. The highest BCUT2D eigenvalue weighted by molar-refractivity contribution is 5.75. The Hall–Kier alpha value is -2.21. The van der Waals surface area contributed by atoms with Crippen LogP contribution in [0.5, 0.6) is 0 Å². The van der Waals surface area contributed by atoms with Crippen molar-refractivity contribution >= 4 is 11.0 Å². The molecule has 1 saturated heterocycles. The van der Waals surface area contributed by atoms with Gasteiger partial charge < -0.3 is 9.55 Å². The molecule has 0 bridgehead atoms. The smallest absolute Gasteiger partial charge is 0.125 e. The molecule has 0 unspecified atom stereocenters. The maximum atomic E-state index is 13.3. The quantitative estimate of drug-likeness (QED) is 0.770. The molecule has 1 N–H and O–H groups in total. The first-order chi connectivity index (χ1) is 12.2. The van der Waals surface area contributed by atoms with Crippen molar-refractivity contribution in [1.29, 1.82) is 0 Å². The van der Waals surface area contributed by atoms with Crippen LogP contribution >= 0.6 is 0 Å². The van der Waals surface area contributed by atoms with Gasteiger partial charge in [0.25, 0.3) is 0 Å². The molecule has 1 fully saturated rings. The van der Waals surface area contributed by atoms with Crippen molar-refractivity contribution in [2.24, 2.45) is 0 Å². The number of nitrogens with one attached hydrogen (secondary N) is 1. The van der Waals surface area contributed by atoms with E-state index in [1.165, 1.54) is 12.1 Å². The van der Waals surface area contributed by atoms with Crippen LogP contribution in [0, 0.1) is 5.82 Å². The Morgan fingerprint density at radius 2 is 2.12 bits per heavy atom. The summed E-state index contributed by atoms with van der Waals surface area (Å²) in [5, 5.41) is 0. The topological polar surface area (TPSA) is 49.7 Å². The number of likely N-dealkylation sites (tertiary alicyclic amines) is 1. The number of benzene rings is 1. The van der Waals surface area contributed by atoms with Gasteiger partial charge in [0.15, 0.2) is 0 Å². The van der Waals surface area contributed by atoms with Crippen molar-refractivity contribution in [1.82, 2.24) is 24.4 Å². The van der Waals surface area contributed by atoms with Gasteiger partial charge in [-0.2, -0.15) is 0 Å². The lowest BCUT2D eigenvalue weighted by Crippen LogP contribution is -2.33. The first-order valence-corrected chi connectivity index (χ1v) is 9.10. The van der Waals surface area contributed by atoms with Gasteiger partial charge in [0.05, 0.1) is 17.6 Å². The summed E-state index contributed by atoms with van der Waals surface area (Å²) < 4.78 is 15.6. The average Bonchev–Trinajstić information content (AvgIpc) is 3.22. The molecule has 4 rings (SSSR count). The first-order valence-electron chi connectivity index (χ1n) is 9.10. The highest BCUT2D eigenvalue weighted by Gasteiger charge is 2.24. The highest BCUT2D eigenvalue weighted by Crippen LogP contribution is 2.28. The third-order valence-corrected chi connectivity index (χ3v) is 5.07. The van der Waals surface area contributed by atoms with E-state index < -0.39 is 0 Å². The van der Waals surface area contributed by atoms with Crippen LogP contribution in [0.15, 0.2) is 30.6 Å². The third kappa shape index (κ3) is 3.44. The number of imidazole rings is 2. The number of hydrogen-bond acceptors (Lipinski definition) is 3. The van der Waals surface area contributed by atoms with E-state index >= 15 is 0 Å². The van der Waals surface area contributed by atoms with Crippen molar-refractivity contribution < 1.29 is 4.39 Å². The standard InChI is InChI=1S/C19H24FN5/c1-2-8-25-11-7-21-18(25)13-24-9-5-14(6-10-24)19-22-16-4-3-15(20)12-17(16)23-19/h3-4,7,11-12,14H,2,5-6,8-10,13H2,1H3,(H,22,23). The van der Waals surface area contributed by atoms with Gasteiger partial charge in [0.1, 0.15) is 17.5 Å². The van der Waals surface area contributed by atoms with Crippen LogP contribution in [0.2, 0.25) is 0 Å². The molecule has 0 atom stereocenters. The predicted molar refractivity (Wildman–Crippen MR) is 95.8 cm³/mol. The van der Waals surface area contributed by atoms with Crippen LogP contribution in [0.1, 0.15) is 43.8 Å². The molecule has 0 aliphatic carbocycles. The van der Waals surface area contributed by atoms with Gasteiger partial charge in [-0.15, -0.1) is 0 Å². The lowest BCUT2D eigenvalue weighted by Gasteiger charge is -2.30. The first kappa shape index (κ1) is 16.3. The molecular weight excluding hydrogens is 317 g/mol. The highest BCUT2D eigenvalue weighted by atomic mass is 19.1. The van der Waals surface area contributed by atoms with Gasteiger partial charge in [-0.25, -0.2) is 14.4 Å². The minimum atomic E-state index is -0.222. The van der Waals surface area contributed by atoms with Crippen molar-refractivity contribution in [3.63, 3.8) is 0 Å². The van der Waals surface area contributed by atoms with Gasteiger partial charge >= 0.3 is 0 Å². The number of nitrogens with zero attached hydrogens (tertiary/aromatic N) is 4. The number of piperidine rings is 1. The van der Waals surface area contributed by atoms with E-state index in [1.807, 2.05) is 6.20 Å². The van der Waals surface area contributed by atoms with Gasteiger partial charge in [-0.1, -0.05) is 6.92 Å². The van der Waals surface area contributed by atoms with Gasteiger partial charge in [0.2, 0.25) is 0 Å². The van der Waals surface area contributed by atoms with Gasteiger partial charge in [-0.3, -0.25) is 4.90 Å². The lowest BCUT2D eigenvalue weighted by atomic mass is 9.96. The number of fused-ring (bicyclic) bond motifs is 1. The van der Waals surface area contributed by atoms with Crippen LogP contribution < -0.4 is 0 Å². The Morgan fingerprint density at radius 1 is 1.28 bits per heavy atom. The molecule has 0 spiro atoms. The second kappa shape index (κ2) is 6.96. The van der Waals surface area contributed by atoms with Crippen molar-refractivity contribution in [2.75, 3.05) is 13.1 Å². The molecule has 3 aromatic rings. The Bertz CT molecular complexity index is 844. The molecule has 0 amide bonds. The molecule has 1 aliphatic rings. The number of hydrogen-bond donors (Lipinski definition) is 1. The van der Waals surface area contributed by atoms with Crippen LogP contribution in [0.25, 0.3) is 11.0 Å². The fourth-order valence-electron chi connectivity index (χ4n) is 3.70. The fraction of sp³-hybridized carbons (Fsp3) is 0.474. The zero-order valence-electron chi connectivity index (χ0n) is 14.6. The number of aromatic amines is 1. The molecule has 1 aromatic carbocycles. The molecule has 132 valence electrons. The lowest BCUT2D eigenvalue weighted by molar-refractivity contribution is 0.195. The monoisotopic (exact) mass is 341 g/mol. The zero-order valence-corrected chi connectivity index (χ0v) is 14.6. The zero-order chi connectivity index (χ0) is 17.2. The van der Waals surface area contributed by atoms with E-state index in [0.717, 1.165) is 68.1 Å². The summed E-state index contributed by atoms with van der Waals surface area (Å²) in [4.78, 5) is 14.9. The van der Waals surface area contributed by atoms with Crippen LogP contribution in [-0.4, -0.2) is 37.5 Å². The minimum absolute atomic E-state index is 0.222. The largest absolute Gasteiger partial charge is 0.342 e. The molecule has 0 radical (unpaired) electrons. The van der Waals surface area contributed by atoms with Gasteiger partial charge in [0, 0.05) is 24.9 Å². The second-order valence-electron chi connectivity index (χ2n) is 6.87. The van der Waals surface area contributed by atoms with Crippen LogP contribution in [-0.2, 0) is 13.1 Å². The Balaban J connectivity index is 1.39. The maximum absolute atomic E-state index is 13.3. The molecule has 6 heteroatoms. The molecule has 5 nitrogen and oxygen atoms in total. The summed E-state index contributed by atoms with van der Waals surface area (Å²) in [6.07, 6.45) is 7.22. The van der Waals surface area contributed by atoms with Crippen molar-refractivity contribution in [3.8, 4) is 0 Å². The summed E-state index contributed by atoms with van der Waals surface area (Å²) in [5.41, 5.74) is 1.64. The van der Waals surface area contributed by atoms with Gasteiger partial charge in [-0.05, 0) is 50.6 Å². The number of halogens is 1. The summed E-state index contributed by atoms with van der Waals surface area (Å²) in [6, 6.07) is 4.73. The number of H-pyrrole nitrogens is 1. The van der Waals surface area contributed by atoms with Crippen LogP contribution in [0.4, 0.5) is 4.39 Å². The second-order valence-corrected chi connectivity index (χ2v) is 6.87. The molecule has 25 heavy (non-hydrogen) atoms. The Morgan fingerprint density at radius 3 is 2.92 bits per heavy atom. The fourth-order valence-corrected chi connectivity index (χ4v) is 3.70. The molecule has 2 aromatic heterocycles. The summed E-state index contributed by atoms with van der Waals surface area (Å²) in [7, 11) is 0. The molecule has 0 saturated carbocycles. The van der Waals surface area contributed by atoms with Crippen molar-refractivity contribution in [2.45, 2.75) is 45.2 Å². The average molecular weight is 341 g/mol. The predicted octanol–water partition coefficient (Wildman–Crippen LogP) is 3.69. The van der Waals surface area contributed by atoms with Crippen molar-refractivity contribution in [3.05, 3.63) is 48.1 Å². The molecular formula is C19H24FN5. The Kier molecular flexibility index (Phi) is 4.53. The van der Waals surface area contributed by atoms with E-state index in [2.05, 4.69) is 37.5 Å². The number of rotatable bonds is 5. The van der Waals surface area contributed by atoms with E-state index in [0.29, 0.717) is 5.92 Å². The summed E-state index contributed by atoms with van der Waals surface area (Å²) >= 11 is 0. The minimum Gasteiger partial charge on any atom is -0.342 e. The van der Waals surface area contributed by atoms with E-state index in [4.69, 9.17) is 0 Å². The number of aromatic nitrogens is 4. The van der Waals surface area contributed by atoms with E-state index in [9.17, 15) is 4.39 Å². The maximum Gasteiger partial charge on any atom is 0.125 e. The van der Waals surface area contributed by atoms with E-state index in [1.54, 1.807) is 6.07 Å². The third-order valence-electron chi connectivity index (χ3n) is 5.07. The molecule has 3 heterocycles. The SMILES string of the molecule is CCCn1ccnc1CN1CCC(c2nc3ccc(F)cc3[nH]2)CC1.